The molecule has 0 radical (unpaired) electrons. The summed E-state index contributed by atoms with van der Waals surface area (Å²) in [6, 6.07) is 72.7. The van der Waals surface area contributed by atoms with Crippen molar-refractivity contribution in [3.05, 3.63) is 248 Å². The minimum Gasteiger partial charge on any atom is -0.310 e. The van der Waals surface area contributed by atoms with Crippen LogP contribution >= 0.6 is 0 Å². The highest BCUT2D eigenvalue weighted by molar-refractivity contribution is 6.10. The lowest BCUT2D eigenvalue weighted by Crippen LogP contribution is -2.11. The number of anilines is 3. The van der Waals surface area contributed by atoms with E-state index in [1.165, 1.54) is 77.6 Å². The molecule has 2 aliphatic carbocycles. The fourth-order valence-electron chi connectivity index (χ4n) is 9.32. The smallest absolute Gasteiger partial charge is 0.0543 e. The summed E-state index contributed by atoms with van der Waals surface area (Å²) < 4.78 is 2.48. The number of hydrogen-bond donors (Lipinski definition) is 0. The first-order chi connectivity index (χ1) is 29.8. The van der Waals surface area contributed by atoms with E-state index in [-0.39, 0.29) is 0 Å². The number of allylic oxidation sites excluding steroid dienone is 8. The highest BCUT2D eigenvalue weighted by atomic mass is 15.1. The van der Waals surface area contributed by atoms with Gasteiger partial charge in [-0.15, -0.1) is 0 Å². The summed E-state index contributed by atoms with van der Waals surface area (Å²) in [5.41, 5.74) is 18.1. The third-order valence-corrected chi connectivity index (χ3v) is 12.2. The predicted octanol–water partition coefficient (Wildman–Crippen LogP) is 15.7. The molecule has 284 valence electrons. The van der Waals surface area contributed by atoms with Crippen LogP contribution in [0, 0.1) is 5.92 Å². The first kappa shape index (κ1) is 35.5. The highest BCUT2D eigenvalue weighted by Gasteiger charge is 2.25. The number of benzene rings is 8. The van der Waals surface area contributed by atoms with Gasteiger partial charge in [-0.05, 0) is 93.9 Å². The van der Waals surface area contributed by atoms with Crippen molar-refractivity contribution in [3.8, 4) is 39.1 Å². The van der Waals surface area contributed by atoms with Crippen molar-refractivity contribution in [3.63, 3.8) is 0 Å². The summed E-state index contributed by atoms with van der Waals surface area (Å²) in [6.07, 6.45) is 14.6. The van der Waals surface area contributed by atoms with E-state index in [1.54, 1.807) is 0 Å². The van der Waals surface area contributed by atoms with Gasteiger partial charge in [0.2, 0.25) is 0 Å². The maximum atomic E-state index is 2.48. The summed E-state index contributed by atoms with van der Waals surface area (Å²) in [5, 5.41) is 2.53. The Labute approximate surface area is 351 Å². The quantitative estimate of drug-likeness (QED) is 0.150. The Morgan fingerprint density at radius 3 is 1.68 bits per heavy atom. The minimum absolute atomic E-state index is 0.350. The van der Waals surface area contributed by atoms with Gasteiger partial charge in [0.25, 0.3) is 0 Å². The fourth-order valence-corrected chi connectivity index (χ4v) is 9.32. The molecule has 1 atom stereocenters. The van der Waals surface area contributed by atoms with Gasteiger partial charge >= 0.3 is 0 Å². The van der Waals surface area contributed by atoms with Crippen LogP contribution in [0.5, 0.6) is 0 Å². The SMILES string of the molecule is C1=CC2=CC=C(c3c(-c4ccc(N(c5ccc(-c6ccccc6)cc5)c5ccccc5-c5ccccc5)cc4)cccc3-n3c4ccccc4c4ccccc43)CC2C=C1. The van der Waals surface area contributed by atoms with Crippen LogP contribution in [0.25, 0.3) is 66.4 Å². The van der Waals surface area contributed by atoms with Gasteiger partial charge in [-0.2, -0.15) is 0 Å². The Balaban J connectivity index is 1.08. The molecule has 11 rings (SSSR count). The molecule has 9 aromatic rings. The van der Waals surface area contributed by atoms with Crippen LogP contribution in [0.15, 0.2) is 242 Å². The molecule has 60 heavy (non-hydrogen) atoms. The molecule has 0 N–H and O–H groups in total. The first-order valence-electron chi connectivity index (χ1n) is 20.9. The number of aromatic nitrogens is 1. The zero-order valence-corrected chi connectivity index (χ0v) is 33.2. The molecule has 0 saturated heterocycles. The number of nitrogens with zero attached hydrogens (tertiary/aromatic N) is 2. The average molecular weight is 767 g/mol. The summed E-state index contributed by atoms with van der Waals surface area (Å²) >= 11 is 0. The van der Waals surface area contributed by atoms with E-state index in [0.29, 0.717) is 5.92 Å². The highest BCUT2D eigenvalue weighted by Crippen LogP contribution is 2.45. The van der Waals surface area contributed by atoms with E-state index < -0.39 is 0 Å². The minimum atomic E-state index is 0.350. The largest absolute Gasteiger partial charge is 0.310 e. The van der Waals surface area contributed by atoms with Gasteiger partial charge < -0.3 is 9.47 Å². The van der Waals surface area contributed by atoms with Crippen molar-refractivity contribution in [2.24, 2.45) is 5.92 Å². The summed E-state index contributed by atoms with van der Waals surface area (Å²) in [6.45, 7) is 0. The van der Waals surface area contributed by atoms with Crippen molar-refractivity contribution in [2.45, 2.75) is 6.42 Å². The molecule has 0 fully saturated rings. The molecule has 2 nitrogen and oxygen atoms in total. The lowest BCUT2D eigenvalue weighted by Gasteiger charge is -2.29. The lowest BCUT2D eigenvalue weighted by molar-refractivity contribution is 0.792. The molecule has 0 saturated carbocycles. The fraction of sp³-hybridized carbons (Fsp3) is 0.0345. The second kappa shape index (κ2) is 15.2. The van der Waals surface area contributed by atoms with E-state index in [1.807, 2.05) is 0 Å². The standard InChI is InChI=1S/C58H42N2/c1-3-16-41(17-4-1)43-32-36-48(37-33-43)59(54-26-12-9-22-50(54)44-19-5-2-6-20-44)49-38-34-45(35-39-49)51-25-15-29-57(58(51)47-31-30-42-18-7-8-21-46(42)40-47)60-55-27-13-10-23-52(55)53-24-11-14-28-56(53)60/h1-39,46H,40H2. The zero-order chi connectivity index (χ0) is 39.8. The molecule has 0 bridgehead atoms. The van der Waals surface area contributed by atoms with Crippen LogP contribution in [-0.4, -0.2) is 4.57 Å². The van der Waals surface area contributed by atoms with E-state index in [0.717, 1.165) is 23.5 Å². The number of para-hydroxylation sites is 3. The second-order valence-electron chi connectivity index (χ2n) is 15.7. The first-order valence-corrected chi connectivity index (χ1v) is 20.9. The summed E-state index contributed by atoms with van der Waals surface area (Å²) in [5.74, 6) is 0.350. The Morgan fingerprint density at radius 1 is 0.433 bits per heavy atom. The predicted molar refractivity (Wildman–Crippen MR) is 254 cm³/mol. The molecule has 2 aliphatic rings. The van der Waals surface area contributed by atoms with Crippen molar-refractivity contribution in [1.29, 1.82) is 0 Å². The summed E-state index contributed by atoms with van der Waals surface area (Å²) in [7, 11) is 0. The van der Waals surface area contributed by atoms with Gasteiger partial charge in [-0.25, -0.2) is 0 Å². The van der Waals surface area contributed by atoms with Crippen LogP contribution in [0.1, 0.15) is 12.0 Å². The van der Waals surface area contributed by atoms with E-state index in [9.17, 15) is 0 Å². The van der Waals surface area contributed by atoms with Gasteiger partial charge in [0.05, 0.1) is 22.4 Å². The van der Waals surface area contributed by atoms with Gasteiger partial charge in [0.15, 0.2) is 0 Å². The van der Waals surface area contributed by atoms with Crippen LogP contribution in [0.2, 0.25) is 0 Å². The van der Waals surface area contributed by atoms with Crippen LogP contribution < -0.4 is 4.90 Å². The summed E-state index contributed by atoms with van der Waals surface area (Å²) in [4.78, 5) is 2.40. The molecule has 8 aromatic carbocycles. The van der Waals surface area contributed by atoms with Gasteiger partial charge in [-0.1, -0.05) is 188 Å². The molecule has 1 heterocycles. The molecule has 1 aromatic heterocycles. The molecule has 0 spiro atoms. The maximum absolute atomic E-state index is 2.48. The topological polar surface area (TPSA) is 8.17 Å². The van der Waals surface area contributed by atoms with Gasteiger partial charge in [-0.3, -0.25) is 0 Å². The molecule has 0 aliphatic heterocycles. The Kier molecular flexibility index (Phi) is 9.02. The Hall–Kier alpha value is -7.68. The number of rotatable bonds is 8. The van der Waals surface area contributed by atoms with E-state index in [2.05, 4.69) is 246 Å². The van der Waals surface area contributed by atoms with Crippen molar-refractivity contribution >= 4 is 44.4 Å². The van der Waals surface area contributed by atoms with Crippen molar-refractivity contribution < 1.29 is 0 Å². The third kappa shape index (κ3) is 6.31. The Bertz CT molecular complexity index is 3090. The van der Waals surface area contributed by atoms with E-state index >= 15 is 0 Å². The monoisotopic (exact) mass is 766 g/mol. The van der Waals surface area contributed by atoms with Crippen LogP contribution in [0.4, 0.5) is 17.1 Å². The maximum Gasteiger partial charge on any atom is 0.0543 e. The normalized spacial score (nSPS) is 14.5. The van der Waals surface area contributed by atoms with Crippen molar-refractivity contribution in [1.82, 2.24) is 4.57 Å². The Morgan fingerprint density at radius 2 is 0.983 bits per heavy atom. The number of fused-ring (bicyclic) bond motifs is 4. The lowest BCUT2D eigenvalue weighted by atomic mass is 9.80. The molecular formula is C58H42N2. The number of hydrogen-bond acceptors (Lipinski definition) is 1. The van der Waals surface area contributed by atoms with Crippen molar-refractivity contribution in [2.75, 3.05) is 4.90 Å². The van der Waals surface area contributed by atoms with Crippen LogP contribution in [-0.2, 0) is 0 Å². The van der Waals surface area contributed by atoms with E-state index in [4.69, 9.17) is 0 Å². The van der Waals surface area contributed by atoms with Gasteiger partial charge in [0.1, 0.15) is 0 Å². The third-order valence-electron chi connectivity index (χ3n) is 12.2. The molecule has 2 heteroatoms. The second-order valence-corrected chi connectivity index (χ2v) is 15.7. The van der Waals surface area contributed by atoms with Gasteiger partial charge in [0, 0.05) is 39.2 Å². The van der Waals surface area contributed by atoms with Crippen LogP contribution in [0.3, 0.4) is 0 Å². The molecular weight excluding hydrogens is 725 g/mol. The zero-order valence-electron chi connectivity index (χ0n) is 33.2. The molecule has 1 unspecified atom stereocenters. The molecule has 0 amide bonds. The average Bonchev–Trinajstić information content (AvgIpc) is 3.67.